The summed E-state index contributed by atoms with van der Waals surface area (Å²) >= 11 is 0. The van der Waals surface area contributed by atoms with E-state index in [4.69, 9.17) is 8.83 Å². The lowest BCUT2D eigenvalue weighted by atomic mass is 10.1. The van der Waals surface area contributed by atoms with Gasteiger partial charge < -0.3 is 19.5 Å². The Morgan fingerprint density at radius 2 is 1.79 bits per heavy atom. The number of furan rings is 2. The maximum atomic E-state index is 13.6. The van der Waals surface area contributed by atoms with Crippen LogP contribution in [0.2, 0.25) is 0 Å². The summed E-state index contributed by atoms with van der Waals surface area (Å²) in [7, 11) is 0. The molecule has 1 fully saturated rings. The summed E-state index contributed by atoms with van der Waals surface area (Å²) in [5.41, 5.74) is 1.38. The number of benzene rings is 1. The van der Waals surface area contributed by atoms with Crippen LogP contribution in [0, 0.1) is 13.8 Å². The van der Waals surface area contributed by atoms with Crippen molar-refractivity contribution in [1.82, 2.24) is 10.6 Å². The van der Waals surface area contributed by atoms with Crippen LogP contribution in [0.4, 0.5) is 5.69 Å². The maximum Gasteiger partial charge on any atom is 0.287 e. The Morgan fingerprint density at radius 1 is 1.03 bits per heavy atom. The van der Waals surface area contributed by atoms with Crippen molar-refractivity contribution in [3.8, 4) is 0 Å². The van der Waals surface area contributed by atoms with Crippen molar-refractivity contribution < 1.29 is 23.2 Å². The van der Waals surface area contributed by atoms with E-state index < -0.39 is 17.9 Å². The lowest BCUT2D eigenvalue weighted by Crippen LogP contribution is -2.49. The van der Waals surface area contributed by atoms with Gasteiger partial charge in [0.1, 0.15) is 11.5 Å². The van der Waals surface area contributed by atoms with Crippen LogP contribution in [0.15, 0.2) is 63.6 Å². The van der Waals surface area contributed by atoms with E-state index in [1.165, 1.54) is 17.2 Å². The second kappa shape index (κ2) is 10.4. The summed E-state index contributed by atoms with van der Waals surface area (Å²) in [5.74, 6) is -0.166. The number of hydrogen-bond acceptors (Lipinski definition) is 5. The third-order valence-corrected chi connectivity index (χ3v) is 6.03. The third kappa shape index (κ3) is 5.22. The van der Waals surface area contributed by atoms with Crippen molar-refractivity contribution in [1.29, 1.82) is 0 Å². The number of rotatable bonds is 8. The monoisotopic (exact) mass is 463 g/mol. The molecule has 0 radical (unpaired) electrons. The number of para-hydroxylation sites is 1. The normalized spacial score (nSPS) is 14.5. The zero-order valence-electron chi connectivity index (χ0n) is 19.4. The molecule has 178 valence electrons. The smallest absolute Gasteiger partial charge is 0.287 e. The first-order chi connectivity index (χ1) is 16.4. The lowest BCUT2D eigenvalue weighted by molar-refractivity contribution is -0.127. The van der Waals surface area contributed by atoms with E-state index in [0.29, 0.717) is 17.2 Å². The van der Waals surface area contributed by atoms with Crippen molar-refractivity contribution in [2.45, 2.75) is 51.6 Å². The standard InChI is InChI=1S/C26H29N3O5/c1-17-8-3-6-11-20(17)29(23(30)16-27-25(31)22-12-7-15-33-22)24(21-14-13-18(2)34-21)26(32)28-19-9-4-5-10-19/h3,6-8,11-15,19,24H,4-5,9-10,16H2,1-2H3,(H,27,31)(H,28,32)/t24-/m0/s1. The van der Waals surface area contributed by atoms with Gasteiger partial charge in [0.2, 0.25) is 5.91 Å². The number of nitrogens with zero attached hydrogens (tertiary/aromatic N) is 1. The van der Waals surface area contributed by atoms with Crippen LogP contribution in [0.3, 0.4) is 0 Å². The molecule has 0 aliphatic heterocycles. The van der Waals surface area contributed by atoms with E-state index in [-0.39, 0.29) is 24.3 Å². The summed E-state index contributed by atoms with van der Waals surface area (Å²) in [6.45, 7) is 3.34. The molecule has 2 aromatic heterocycles. The Hall–Kier alpha value is -3.81. The number of hydrogen-bond donors (Lipinski definition) is 2. The molecule has 34 heavy (non-hydrogen) atoms. The van der Waals surface area contributed by atoms with Crippen molar-refractivity contribution in [3.63, 3.8) is 0 Å². The predicted molar refractivity (Wildman–Crippen MR) is 126 cm³/mol. The second-order valence-electron chi connectivity index (χ2n) is 8.55. The molecule has 0 spiro atoms. The van der Waals surface area contributed by atoms with E-state index in [9.17, 15) is 14.4 Å². The molecular formula is C26H29N3O5. The molecule has 3 amide bonds. The van der Waals surface area contributed by atoms with Gasteiger partial charge in [-0.15, -0.1) is 0 Å². The Balaban J connectivity index is 1.67. The largest absolute Gasteiger partial charge is 0.464 e. The first kappa shape index (κ1) is 23.4. The Bertz CT molecular complexity index is 1140. The average molecular weight is 464 g/mol. The molecule has 2 heterocycles. The number of carbonyl (C=O) groups excluding carboxylic acids is 3. The minimum Gasteiger partial charge on any atom is -0.464 e. The number of aryl methyl sites for hydroxylation is 2. The minimum absolute atomic E-state index is 0.0681. The van der Waals surface area contributed by atoms with Gasteiger partial charge in [-0.05, 0) is 62.6 Å². The van der Waals surface area contributed by atoms with Crippen molar-refractivity contribution in [2.24, 2.45) is 0 Å². The summed E-state index contributed by atoms with van der Waals surface area (Å²) in [6, 6.07) is 13.0. The molecule has 2 N–H and O–H groups in total. The zero-order chi connectivity index (χ0) is 24.1. The van der Waals surface area contributed by atoms with E-state index in [1.54, 1.807) is 31.2 Å². The molecule has 0 saturated heterocycles. The highest BCUT2D eigenvalue weighted by Gasteiger charge is 2.37. The van der Waals surface area contributed by atoms with Crippen molar-refractivity contribution >= 4 is 23.4 Å². The molecule has 8 nitrogen and oxygen atoms in total. The van der Waals surface area contributed by atoms with Gasteiger partial charge in [-0.1, -0.05) is 31.0 Å². The van der Waals surface area contributed by atoms with Crippen molar-refractivity contribution in [3.05, 3.63) is 77.6 Å². The minimum atomic E-state index is -1.02. The quantitative estimate of drug-likeness (QED) is 0.524. The van der Waals surface area contributed by atoms with Gasteiger partial charge in [0, 0.05) is 11.7 Å². The van der Waals surface area contributed by atoms with E-state index >= 15 is 0 Å². The molecule has 1 saturated carbocycles. The van der Waals surface area contributed by atoms with Gasteiger partial charge in [-0.2, -0.15) is 0 Å². The number of carbonyl (C=O) groups is 3. The SMILES string of the molecule is Cc1ccc([C@@H](C(=O)NC2CCCC2)N(C(=O)CNC(=O)c2ccco2)c2ccccc2C)o1. The van der Waals surface area contributed by atoms with Crippen LogP contribution in [-0.4, -0.2) is 30.3 Å². The van der Waals surface area contributed by atoms with Crippen LogP contribution < -0.4 is 15.5 Å². The first-order valence-corrected chi connectivity index (χ1v) is 11.5. The fourth-order valence-corrected chi connectivity index (χ4v) is 4.31. The average Bonchev–Trinajstić information content (AvgIpc) is 3.59. The fourth-order valence-electron chi connectivity index (χ4n) is 4.31. The molecule has 4 rings (SSSR count). The predicted octanol–water partition coefficient (Wildman–Crippen LogP) is 4.05. The second-order valence-corrected chi connectivity index (χ2v) is 8.55. The fraction of sp³-hybridized carbons (Fsp3) is 0.346. The highest BCUT2D eigenvalue weighted by molar-refractivity contribution is 6.04. The summed E-state index contributed by atoms with van der Waals surface area (Å²) in [4.78, 5) is 41.0. The van der Waals surface area contributed by atoms with Crippen LogP contribution in [0.1, 0.15) is 59.4 Å². The van der Waals surface area contributed by atoms with Gasteiger partial charge in [0.15, 0.2) is 11.8 Å². The Kier molecular flexibility index (Phi) is 7.15. The van der Waals surface area contributed by atoms with E-state index in [1.807, 2.05) is 25.1 Å². The van der Waals surface area contributed by atoms with Gasteiger partial charge in [0.05, 0.1) is 12.8 Å². The van der Waals surface area contributed by atoms with Crippen molar-refractivity contribution in [2.75, 3.05) is 11.4 Å². The molecule has 1 atom stereocenters. The van der Waals surface area contributed by atoms with Crippen LogP contribution in [0.5, 0.6) is 0 Å². The number of nitrogens with one attached hydrogen (secondary N) is 2. The summed E-state index contributed by atoms with van der Waals surface area (Å²) < 4.78 is 11.0. The molecule has 1 aromatic carbocycles. The maximum absolute atomic E-state index is 13.6. The molecule has 3 aromatic rings. The zero-order valence-corrected chi connectivity index (χ0v) is 19.4. The summed E-state index contributed by atoms with van der Waals surface area (Å²) in [5, 5.41) is 5.70. The van der Waals surface area contributed by atoms with E-state index in [2.05, 4.69) is 10.6 Å². The van der Waals surface area contributed by atoms with Crippen LogP contribution in [-0.2, 0) is 9.59 Å². The van der Waals surface area contributed by atoms with Gasteiger partial charge in [0.25, 0.3) is 11.8 Å². The lowest BCUT2D eigenvalue weighted by Gasteiger charge is -2.32. The molecular weight excluding hydrogens is 434 g/mol. The molecule has 1 aliphatic carbocycles. The highest BCUT2D eigenvalue weighted by atomic mass is 16.3. The molecule has 0 bridgehead atoms. The number of amides is 3. The van der Waals surface area contributed by atoms with Crippen LogP contribution >= 0.6 is 0 Å². The van der Waals surface area contributed by atoms with Crippen LogP contribution in [0.25, 0.3) is 0 Å². The Morgan fingerprint density at radius 3 is 2.44 bits per heavy atom. The molecule has 8 heteroatoms. The van der Waals surface area contributed by atoms with Gasteiger partial charge in [-0.25, -0.2) is 0 Å². The van der Waals surface area contributed by atoms with Gasteiger partial charge in [-0.3, -0.25) is 19.3 Å². The van der Waals surface area contributed by atoms with E-state index in [0.717, 1.165) is 31.2 Å². The first-order valence-electron chi connectivity index (χ1n) is 11.5. The highest BCUT2D eigenvalue weighted by Crippen LogP contribution is 2.32. The molecule has 0 unspecified atom stereocenters. The van der Waals surface area contributed by atoms with Gasteiger partial charge >= 0.3 is 0 Å². The molecule has 1 aliphatic rings. The Labute approximate surface area is 198 Å². The summed E-state index contributed by atoms with van der Waals surface area (Å²) in [6.07, 6.45) is 5.34. The number of anilines is 1. The third-order valence-electron chi connectivity index (χ3n) is 6.03. The topological polar surface area (TPSA) is 105 Å².